The Morgan fingerprint density at radius 1 is 1.12 bits per heavy atom. The zero-order valence-electron chi connectivity index (χ0n) is 13.6. The standard InChI is InChI=1S/C18H15ClN2O4/c1-10-3-6-15(25-2)14(7-10)20-16(22)9-21-17(23)12-5-4-11(19)8-13(12)18(21)24/h3-8H,9H2,1-2H3,(H,20,22). The molecule has 0 bridgehead atoms. The van der Waals surface area contributed by atoms with Gasteiger partial charge in [-0.05, 0) is 42.8 Å². The first-order valence-electron chi connectivity index (χ1n) is 7.51. The molecule has 2 aromatic rings. The number of anilines is 1. The van der Waals surface area contributed by atoms with E-state index in [1.165, 1.54) is 25.3 Å². The van der Waals surface area contributed by atoms with Gasteiger partial charge in [0, 0.05) is 5.02 Å². The Morgan fingerprint density at radius 2 is 1.84 bits per heavy atom. The van der Waals surface area contributed by atoms with Crippen molar-refractivity contribution in [1.82, 2.24) is 4.90 Å². The molecule has 3 rings (SSSR count). The van der Waals surface area contributed by atoms with Crippen LogP contribution in [0.25, 0.3) is 0 Å². The number of halogens is 1. The lowest BCUT2D eigenvalue weighted by molar-refractivity contribution is -0.116. The Morgan fingerprint density at radius 3 is 2.56 bits per heavy atom. The largest absolute Gasteiger partial charge is 0.495 e. The van der Waals surface area contributed by atoms with E-state index in [-0.39, 0.29) is 17.7 Å². The van der Waals surface area contributed by atoms with Crippen molar-refractivity contribution in [1.29, 1.82) is 0 Å². The van der Waals surface area contributed by atoms with Crippen LogP contribution in [0.15, 0.2) is 36.4 Å². The van der Waals surface area contributed by atoms with Crippen LogP contribution in [0.5, 0.6) is 5.75 Å². The van der Waals surface area contributed by atoms with E-state index in [1.807, 2.05) is 13.0 Å². The van der Waals surface area contributed by atoms with E-state index >= 15 is 0 Å². The van der Waals surface area contributed by atoms with E-state index in [9.17, 15) is 14.4 Å². The quantitative estimate of drug-likeness (QED) is 0.853. The highest BCUT2D eigenvalue weighted by molar-refractivity contribution is 6.32. The lowest BCUT2D eigenvalue weighted by Crippen LogP contribution is -2.37. The van der Waals surface area contributed by atoms with Gasteiger partial charge in [0.1, 0.15) is 12.3 Å². The van der Waals surface area contributed by atoms with Gasteiger partial charge in [0.15, 0.2) is 0 Å². The molecule has 1 aliphatic heterocycles. The summed E-state index contributed by atoms with van der Waals surface area (Å²) < 4.78 is 5.20. The molecule has 1 N–H and O–H groups in total. The van der Waals surface area contributed by atoms with Gasteiger partial charge in [-0.25, -0.2) is 0 Å². The summed E-state index contributed by atoms with van der Waals surface area (Å²) in [7, 11) is 1.49. The van der Waals surface area contributed by atoms with Gasteiger partial charge in [-0.1, -0.05) is 17.7 Å². The fourth-order valence-electron chi connectivity index (χ4n) is 2.66. The van der Waals surface area contributed by atoms with Crippen LogP contribution in [-0.2, 0) is 4.79 Å². The van der Waals surface area contributed by atoms with Crippen molar-refractivity contribution >= 4 is 35.0 Å². The number of methoxy groups -OCH3 is 1. The van der Waals surface area contributed by atoms with Crippen molar-refractivity contribution in [3.05, 3.63) is 58.1 Å². The molecule has 2 aromatic carbocycles. The Balaban J connectivity index is 1.77. The number of aryl methyl sites for hydroxylation is 1. The summed E-state index contributed by atoms with van der Waals surface area (Å²) in [6.07, 6.45) is 0. The van der Waals surface area contributed by atoms with E-state index in [0.29, 0.717) is 16.5 Å². The summed E-state index contributed by atoms with van der Waals surface area (Å²) in [5.74, 6) is -1.05. The van der Waals surface area contributed by atoms with Gasteiger partial charge in [0.25, 0.3) is 11.8 Å². The predicted molar refractivity (Wildman–Crippen MR) is 93.2 cm³/mol. The second-order valence-electron chi connectivity index (χ2n) is 5.64. The number of imide groups is 1. The fraction of sp³-hybridized carbons (Fsp3) is 0.167. The minimum atomic E-state index is -0.533. The maximum Gasteiger partial charge on any atom is 0.262 e. The first kappa shape index (κ1) is 17.0. The molecule has 25 heavy (non-hydrogen) atoms. The monoisotopic (exact) mass is 358 g/mol. The van der Waals surface area contributed by atoms with E-state index in [0.717, 1.165) is 10.5 Å². The normalized spacial score (nSPS) is 13.0. The third kappa shape index (κ3) is 3.21. The number of hydrogen-bond donors (Lipinski definition) is 1. The summed E-state index contributed by atoms with van der Waals surface area (Å²) in [5.41, 5.74) is 1.87. The minimum absolute atomic E-state index is 0.207. The van der Waals surface area contributed by atoms with Crippen LogP contribution in [0.1, 0.15) is 26.3 Å². The highest BCUT2D eigenvalue weighted by atomic mass is 35.5. The van der Waals surface area contributed by atoms with Crippen LogP contribution >= 0.6 is 11.6 Å². The lowest BCUT2D eigenvalue weighted by Gasteiger charge is -2.15. The summed E-state index contributed by atoms with van der Waals surface area (Å²) >= 11 is 5.87. The maximum absolute atomic E-state index is 12.4. The van der Waals surface area contributed by atoms with Gasteiger partial charge >= 0.3 is 0 Å². The van der Waals surface area contributed by atoms with Crippen molar-refractivity contribution < 1.29 is 19.1 Å². The van der Waals surface area contributed by atoms with Crippen molar-refractivity contribution in [3.63, 3.8) is 0 Å². The van der Waals surface area contributed by atoms with E-state index < -0.39 is 17.7 Å². The van der Waals surface area contributed by atoms with Crippen molar-refractivity contribution in [2.24, 2.45) is 0 Å². The number of nitrogens with one attached hydrogen (secondary N) is 1. The van der Waals surface area contributed by atoms with Gasteiger partial charge in [-0.15, -0.1) is 0 Å². The number of nitrogens with zero attached hydrogens (tertiary/aromatic N) is 1. The summed E-state index contributed by atoms with van der Waals surface area (Å²) in [6, 6.07) is 9.78. The molecule has 1 aliphatic rings. The number of rotatable bonds is 4. The molecule has 7 heteroatoms. The van der Waals surface area contributed by atoms with Gasteiger partial charge in [-0.2, -0.15) is 0 Å². The molecular formula is C18H15ClN2O4. The molecule has 6 nitrogen and oxygen atoms in total. The van der Waals surface area contributed by atoms with Crippen LogP contribution < -0.4 is 10.1 Å². The molecule has 128 valence electrons. The van der Waals surface area contributed by atoms with Crippen molar-refractivity contribution in [2.45, 2.75) is 6.92 Å². The average molecular weight is 359 g/mol. The summed E-state index contributed by atoms with van der Waals surface area (Å²) in [6.45, 7) is 1.49. The number of ether oxygens (including phenoxy) is 1. The Bertz CT molecular complexity index is 895. The molecule has 0 saturated heterocycles. The van der Waals surface area contributed by atoms with Crippen LogP contribution in [-0.4, -0.2) is 36.3 Å². The van der Waals surface area contributed by atoms with E-state index in [4.69, 9.17) is 16.3 Å². The number of hydrogen-bond acceptors (Lipinski definition) is 4. The van der Waals surface area contributed by atoms with Crippen molar-refractivity contribution in [3.8, 4) is 5.75 Å². The highest BCUT2D eigenvalue weighted by Crippen LogP contribution is 2.27. The number of carbonyl (C=O) groups is 3. The first-order valence-corrected chi connectivity index (χ1v) is 7.88. The smallest absolute Gasteiger partial charge is 0.262 e. The van der Waals surface area contributed by atoms with E-state index in [1.54, 1.807) is 12.1 Å². The van der Waals surface area contributed by atoms with Gasteiger partial charge in [-0.3, -0.25) is 19.3 Å². The SMILES string of the molecule is COc1ccc(C)cc1NC(=O)CN1C(=O)c2ccc(Cl)cc2C1=O. The number of amides is 3. The second kappa shape index (κ2) is 6.57. The molecular weight excluding hydrogens is 344 g/mol. The Labute approximate surface area is 149 Å². The maximum atomic E-state index is 12.4. The fourth-order valence-corrected chi connectivity index (χ4v) is 2.83. The molecule has 0 aliphatic carbocycles. The van der Waals surface area contributed by atoms with Crippen LogP contribution in [0, 0.1) is 6.92 Å². The number of fused-ring (bicyclic) bond motifs is 1. The number of carbonyl (C=O) groups excluding carboxylic acids is 3. The summed E-state index contributed by atoms with van der Waals surface area (Å²) in [5, 5.41) is 3.03. The lowest BCUT2D eigenvalue weighted by atomic mass is 10.1. The Kier molecular flexibility index (Phi) is 4.46. The topological polar surface area (TPSA) is 75.7 Å². The molecule has 0 saturated carbocycles. The zero-order chi connectivity index (χ0) is 18.1. The minimum Gasteiger partial charge on any atom is -0.495 e. The molecule has 0 radical (unpaired) electrons. The van der Waals surface area contributed by atoms with Crippen LogP contribution in [0.4, 0.5) is 5.69 Å². The van der Waals surface area contributed by atoms with Gasteiger partial charge in [0.05, 0.1) is 23.9 Å². The predicted octanol–water partition coefficient (Wildman–Crippen LogP) is 2.89. The summed E-state index contributed by atoms with van der Waals surface area (Å²) in [4.78, 5) is 37.9. The van der Waals surface area contributed by atoms with Crippen LogP contribution in [0.3, 0.4) is 0 Å². The third-order valence-corrected chi connectivity index (χ3v) is 4.10. The van der Waals surface area contributed by atoms with E-state index in [2.05, 4.69) is 5.32 Å². The van der Waals surface area contributed by atoms with Crippen molar-refractivity contribution in [2.75, 3.05) is 19.0 Å². The third-order valence-electron chi connectivity index (χ3n) is 3.86. The van der Waals surface area contributed by atoms with Crippen LogP contribution in [0.2, 0.25) is 5.02 Å². The molecule has 0 spiro atoms. The zero-order valence-corrected chi connectivity index (χ0v) is 14.4. The molecule has 0 aromatic heterocycles. The Hall–Kier alpha value is -2.86. The molecule has 0 fully saturated rings. The van der Waals surface area contributed by atoms with Gasteiger partial charge < -0.3 is 10.1 Å². The van der Waals surface area contributed by atoms with Gasteiger partial charge in [0.2, 0.25) is 5.91 Å². The average Bonchev–Trinajstić information content (AvgIpc) is 2.79. The molecule has 0 unspecified atom stereocenters. The second-order valence-corrected chi connectivity index (χ2v) is 6.07. The molecule has 0 atom stereocenters. The molecule has 3 amide bonds. The molecule has 1 heterocycles. The highest BCUT2D eigenvalue weighted by Gasteiger charge is 2.36. The number of benzene rings is 2. The first-order chi connectivity index (χ1) is 11.9.